The molecule has 1 aromatic heterocycles. The Morgan fingerprint density at radius 3 is 2.75 bits per heavy atom. The van der Waals surface area contributed by atoms with Gasteiger partial charge in [0.15, 0.2) is 0 Å². The van der Waals surface area contributed by atoms with E-state index in [1.807, 2.05) is 18.3 Å². The van der Waals surface area contributed by atoms with Gasteiger partial charge in [-0.05, 0) is 35.2 Å². The summed E-state index contributed by atoms with van der Waals surface area (Å²) in [5, 5.41) is 5.25. The molecule has 1 fully saturated rings. The maximum Gasteiger partial charge on any atom is 0.220 e. The number of benzene rings is 2. The van der Waals surface area contributed by atoms with Gasteiger partial charge in [-0.3, -0.25) is 9.69 Å². The molecule has 2 heterocycles. The fourth-order valence-corrected chi connectivity index (χ4v) is 4.70. The van der Waals surface area contributed by atoms with Crippen LogP contribution in [0.25, 0.3) is 10.9 Å². The van der Waals surface area contributed by atoms with Crippen LogP contribution in [0.15, 0.2) is 42.6 Å². The summed E-state index contributed by atoms with van der Waals surface area (Å²) in [4.78, 5) is 18.7. The molecule has 1 aliphatic heterocycles. The van der Waals surface area contributed by atoms with Crippen molar-refractivity contribution < 1.29 is 9.53 Å². The predicted octanol–water partition coefficient (Wildman–Crippen LogP) is 5.01. The van der Waals surface area contributed by atoms with Gasteiger partial charge in [0.25, 0.3) is 0 Å². The molecule has 4 rings (SSSR count). The van der Waals surface area contributed by atoms with Crippen molar-refractivity contribution >= 4 is 40.0 Å². The summed E-state index contributed by atoms with van der Waals surface area (Å²) in [5.41, 5.74) is 4.46. The van der Waals surface area contributed by atoms with Crippen LogP contribution in [0.3, 0.4) is 0 Å². The number of para-hydroxylation sites is 1. The van der Waals surface area contributed by atoms with Gasteiger partial charge < -0.3 is 15.0 Å². The second kappa shape index (κ2) is 10.7. The second-order valence-corrected chi connectivity index (χ2v) is 8.99. The number of ether oxygens (including phenoxy) is 1. The molecule has 32 heavy (non-hydrogen) atoms. The molecule has 0 spiro atoms. The molecule has 0 saturated carbocycles. The van der Waals surface area contributed by atoms with Gasteiger partial charge in [0.2, 0.25) is 5.91 Å². The number of aromatic amines is 1. The van der Waals surface area contributed by atoms with Crippen LogP contribution in [-0.2, 0) is 16.0 Å². The first-order valence-corrected chi connectivity index (χ1v) is 11.9. The number of aryl methyl sites for hydroxylation is 1. The summed E-state index contributed by atoms with van der Waals surface area (Å²) in [6.45, 7) is 6.95. The molecule has 0 aliphatic carbocycles. The van der Waals surface area contributed by atoms with Crippen LogP contribution in [0.1, 0.15) is 36.0 Å². The van der Waals surface area contributed by atoms with Gasteiger partial charge in [-0.15, -0.1) is 0 Å². The number of morpholine rings is 1. The average molecular weight is 474 g/mol. The van der Waals surface area contributed by atoms with E-state index >= 15 is 0 Å². The quantitative estimate of drug-likeness (QED) is 0.483. The van der Waals surface area contributed by atoms with Crippen molar-refractivity contribution in [3.8, 4) is 0 Å². The number of amides is 1. The first-order valence-electron chi connectivity index (χ1n) is 11.2. The molecule has 7 heteroatoms. The fourth-order valence-electron chi connectivity index (χ4n) is 4.39. The minimum atomic E-state index is -0.131. The van der Waals surface area contributed by atoms with Gasteiger partial charge in [-0.25, -0.2) is 0 Å². The van der Waals surface area contributed by atoms with E-state index in [0.29, 0.717) is 23.0 Å². The molecule has 3 aromatic rings. The van der Waals surface area contributed by atoms with Crippen LogP contribution in [0.4, 0.5) is 0 Å². The third-order valence-corrected chi connectivity index (χ3v) is 6.92. The van der Waals surface area contributed by atoms with E-state index < -0.39 is 0 Å². The molecule has 1 aliphatic rings. The van der Waals surface area contributed by atoms with E-state index in [0.717, 1.165) is 61.3 Å². The molecule has 2 aromatic carbocycles. The fraction of sp³-hybridized carbons (Fsp3) is 0.400. The number of aromatic nitrogens is 1. The zero-order valence-corrected chi connectivity index (χ0v) is 19.8. The molecule has 170 valence electrons. The van der Waals surface area contributed by atoms with Gasteiger partial charge in [-0.2, -0.15) is 0 Å². The lowest BCUT2D eigenvalue weighted by Gasteiger charge is -2.26. The van der Waals surface area contributed by atoms with E-state index in [4.69, 9.17) is 27.9 Å². The molecular formula is C25H29Cl2N3O2. The number of hydrogen-bond donors (Lipinski definition) is 2. The van der Waals surface area contributed by atoms with Crippen LogP contribution in [0, 0.1) is 0 Å². The minimum absolute atomic E-state index is 0.0235. The number of rotatable bonds is 8. The van der Waals surface area contributed by atoms with Crippen molar-refractivity contribution in [3.05, 3.63) is 69.3 Å². The molecule has 1 amide bonds. The Morgan fingerprint density at radius 2 is 2.00 bits per heavy atom. The average Bonchev–Trinajstić information content (AvgIpc) is 3.24. The molecule has 1 saturated heterocycles. The maximum absolute atomic E-state index is 13.0. The summed E-state index contributed by atoms with van der Waals surface area (Å²) >= 11 is 12.5. The van der Waals surface area contributed by atoms with Crippen molar-refractivity contribution in [3.63, 3.8) is 0 Å². The third kappa shape index (κ3) is 5.29. The first-order chi connectivity index (χ1) is 15.6. The second-order valence-electron chi connectivity index (χ2n) is 8.17. The Kier molecular flexibility index (Phi) is 7.74. The molecule has 1 unspecified atom stereocenters. The summed E-state index contributed by atoms with van der Waals surface area (Å²) < 4.78 is 5.39. The number of nitrogens with zero attached hydrogens (tertiary/aromatic N) is 1. The van der Waals surface area contributed by atoms with E-state index in [1.54, 1.807) is 6.07 Å². The molecule has 0 radical (unpaired) electrons. The Hall–Kier alpha value is -2.05. The standard InChI is InChI=1S/C25H29Cl2N3O2/c1-2-17-4-3-5-19-21(16-29-25(17)19)20(18-6-7-22(26)23(27)14-18)15-24(31)28-8-9-30-10-12-32-13-11-30/h3-7,14,16,20,29H,2,8-13,15H2,1H3,(H,28,31). The monoisotopic (exact) mass is 473 g/mol. The Bertz CT molecular complexity index is 1080. The Morgan fingerprint density at radius 1 is 1.19 bits per heavy atom. The van der Waals surface area contributed by atoms with Gasteiger partial charge in [0, 0.05) is 55.6 Å². The van der Waals surface area contributed by atoms with Gasteiger partial charge in [0.1, 0.15) is 0 Å². The number of nitrogens with one attached hydrogen (secondary N) is 2. The van der Waals surface area contributed by atoms with E-state index in [9.17, 15) is 4.79 Å². The number of H-pyrrole nitrogens is 1. The van der Waals surface area contributed by atoms with Crippen molar-refractivity contribution in [2.75, 3.05) is 39.4 Å². The lowest BCUT2D eigenvalue weighted by molar-refractivity contribution is -0.121. The van der Waals surface area contributed by atoms with Crippen molar-refractivity contribution in [1.29, 1.82) is 0 Å². The van der Waals surface area contributed by atoms with E-state index in [1.165, 1.54) is 5.56 Å². The highest BCUT2D eigenvalue weighted by Gasteiger charge is 2.23. The largest absolute Gasteiger partial charge is 0.379 e. The molecule has 5 nitrogen and oxygen atoms in total. The lowest BCUT2D eigenvalue weighted by Crippen LogP contribution is -2.41. The highest BCUT2D eigenvalue weighted by Crippen LogP contribution is 2.36. The summed E-state index contributed by atoms with van der Waals surface area (Å²) in [6.07, 6.45) is 3.30. The van der Waals surface area contributed by atoms with Gasteiger partial charge >= 0.3 is 0 Å². The highest BCUT2D eigenvalue weighted by molar-refractivity contribution is 6.42. The maximum atomic E-state index is 13.0. The SMILES string of the molecule is CCc1cccc2c(C(CC(=O)NCCN3CCOCC3)c3ccc(Cl)c(Cl)c3)c[nH]c12. The summed E-state index contributed by atoms with van der Waals surface area (Å²) in [5.74, 6) is -0.107. The normalized spacial score (nSPS) is 15.7. The zero-order valence-electron chi connectivity index (χ0n) is 18.3. The van der Waals surface area contributed by atoms with Crippen LogP contribution < -0.4 is 5.32 Å². The van der Waals surface area contributed by atoms with E-state index in [-0.39, 0.29) is 11.8 Å². The molecular weight excluding hydrogens is 445 g/mol. The van der Waals surface area contributed by atoms with Gasteiger partial charge in [0.05, 0.1) is 23.3 Å². The van der Waals surface area contributed by atoms with Crippen LogP contribution in [-0.4, -0.2) is 55.2 Å². The number of carbonyl (C=O) groups excluding carboxylic acids is 1. The topological polar surface area (TPSA) is 57.4 Å². The minimum Gasteiger partial charge on any atom is -0.379 e. The lowest BCUT2D eigenvalue weighted by atomic mass is 9.87. The predicted molar refractivity (Wildman–Crippen MR) is 131 cm³/mol. The Balaban J connectivity index is 1.56. The molecule has 0 bridgehead atoms. The number of fused-ring (bicyclic) bond motifs is 1. The summed E-state index contributed by atoms with van der Waals surface area (Å²) in [7, 11) is 0. The van der Waals surface area contributed by atoms with Crippen molar-refractivity contribution in [2.45, 2.75) is 25.7 Å². The molecule has 1 atom stereocenters. The number of carbonyl (C=O) groups is 1. The van der Waals surface area contributed by atoms with Crippen molar-refractivity contribution in [2.24, 2.45) is 0 Å². The smallest absolute Gasteiger partial charge is 0.220 e. The van der Waals surface area contributed by atoms with Crippen LogP contribution in [0.2, 0.25) is 10.0 Å². The summed E-state index contributed by atoms with van der Waals surface area (Å²) in [6, 6.07) is 12.0. The van der Waals surface area contributed by atoms with E-state index in [2.05, 4.69) is 40.3 Å². The van der Waals surface area contributed by atoms with Crippen LogP contribution in [0.5, 0.6) is 0 Å². The van der Waals surface area contributed by atoms with Gasteiger partial charge in [-0.1, -0.05) is 54.4 Å². The zero-order chi connectivity index (χ0) is 22.5. The number of hydrogen-bond acceptors (Lipinski definition) is 3. The number of halogens is 2. The Labute approximate surface area is 199 Å². The molecule has 2 N–H and O–H groups in total. The van der Waals surface area contributed by atoms with Crippen LogP contribution >= 0.6 is 23.2 Å². The highest BCUT2D eigenvalue weighted by atomic mass is 35.5. The third-order valence-electron chi connectivity index (χ3n) is 6.18. The van der Waals surface area contributed by atoms with Crippen molar-refractivity contribution in [1.82, 2.24) is 15.2 Å². The first kappa shape index (κ1) is 23.1.